The smallest absolute Gasteiger partial charge is 0.271 e. The lowest BCUT2D eigenvalue weighted by atomic mass is 10.0. The molecule has 2 aromatic rings. The molecule has 0 aliphatic carbocycles. The first-order chi connectivity index (χ1) is 14.2. The van der Waals surface area contributed by atoms with Gasteiger partial charge < -0.3 is 19.3 Å². The average Bonchev–Trinajstić information content (AvgIpc) is 3.22. The monoisotopic (exact) mass is 395 g/mol. The molecule has 3 aliphatic rings. The summed E-state index contributed by atoms with van der Waals surface area (Å²) in [5, 5.41) is 11.9. The number of rotatable bonds is 4. The van der Waals surface area contributed by atoms with Crippen LogP contribution >= 0.6 is 0 Å². The Labute approximate surface area is 170 Å². The molecule has 0 aromatic heterocycles. The van der Waals surface area contributed by atoms with Crippen molar-refractivity contribution < 1.29 is 23.9 Å². The highest BCUT2D eigenvalue weighted by atomic mass is 16.7. The highest BCUT2D eigenvalue weighted by Gasteiger charge is 2.52. The van der Waals surface area contributed by atoms with Gasteiger partial charge >= 0.3 is 0 Å². The molecule has 29 heavy (non-hydrogen) atoms. The zero-order valence-electron chi connectivity index (χ0n) is 16.8. The Morgan fingerprint density at radius 2 is 1.90 bits per heavy atom. The van der Waals surface area contributed by atoms with E-state index in [9.17, 15) is 5.11 Å². The van der Waals surface area contributed by atoms with Gasteiger partial charge in [0.2, 0.25) is 6.79 Å². The summed E-state index contributed by atoms with van der Waals surface area (Å²) in [7, 11) is 0. The first-order valence-corrected chi connectivity index (χ1v) is 10.5. The van der Waals surface area contributed by atoms with Gasteiger partial charge in [0, 0.05) is 18.1 Å². The zero-order valence-corrected chi connectivity index (χ0v) is 16.8. The number of β-amino-alcohol motifs (C(OH)–C–C–N with tert-alkyl or cyclic N) is 1. The molecule has 3 aliphatic heterocycles. The van der Waals surface area contributed by atoms with Crippen LogP contribution in [0.4, 0.5) is 5.69 Å². The van der Waals surface area contributed by atoms with Crippen LogP contribution in [0, 0.1) is 0 Å². The van der Waals surface area contributed by atoms with Gasteiger partial charge in [0.05, 0.1) is 13.2 Å². The molecule has 0 amide bonds. The third-order valence-corrected chi connectivity index (χ3v) is 6.03. The molecular weight excluding hydrogens is 368 g/mol. The number of anilines is 1. The minimum atomic E-state index is -1.07. The van der Waals surface area contributed by atoms with Crippen LogP contribution in [-0.4, -0.2) is 42.0 Å². The van der Waals surface area contributed by atoms with Gasteiger partial charge in [-0.05, 0) is 62.6 Å². The van der Waals surface area contributed by atoms with Crippen LogP contribution in [0.15, 0.2) is 42.5 Å². The zero-order chi connectivity index (χ0) is 19.8. The van der Waals surface area contributed by atoms with Crippen LogP contribution in [0.1, 0.15) is 38.2 Å². The van der Waals surface area contributed by atoms with E-state index in [1.165, 1.54) is 12.3 Å². The van der Waals surface area contributed by atoms with Crippen LogP contribution < -0.4 is 19.1 Å². The van der Waals surface area contributed by atoms with Crippen molar-refractivity contribution in [3.63, 3.8) is 0 Å². The lowest BCUT2D eigenvalue weighted by molar-refractivity contribution is -0.658. The number of hydrogen-bond donors (Lipinski definition) is 1. The van der Waals surface area contributed by atoms with E-state index in [-0.39, 0.29) is 6.79 Å². The molecule has 3 heterocycles. The number of aliphatic hydroxyl groups is 1. The number of ether oxygens (including phenoxy) is 3. The predicted octanol–water partition coefficient (Wildman–Crippen LogP) is 3.46. The Bertz CT molecular complexity index is 940. The van der Waals surface area contributed by atoms with Crippen LogP contribution in [0.2, 0.25) is 0 Å². The summed E-state index contributed by atoms with van der Waals surface area (Å²) >= 11 is 0. The van der Waals surface area contributed by atoms with E-state index in [1.54, 1.807) is 0 Å². The summed E-state index contributed by atoms with van der Waals surface area (Å²) in [6.07, 6.45) is 4.34. The molecule has 5 rings (SSSR count). The van der Waals surface area contributed by atoms with Crippen LogP contribution in [-0.2, 0) is 5.72 Å². The Morgan fingerprint density at radius 1 is 1.07 bits per heavy atom. The van der Waals surface area contributed by atoms with E-state index in [0.717, 1.165) is 54.3 Å². The summed E-state index contributed by atoms with van der Waals surface area (Å²) in [6, 6.07) is 13.9. The molecule has 0 saturated heterocycles. The highest BCUT2D eigenvalue weighted by molar-refractivity contribution is 5.96. The van der Waals surface area contributed by atoms with Gasteiger partial charge in [0.1, 0.15) is 11.4 Å². The second-order valence-corrected chi connectivity index (χ2v) is 7.78. The lowest BCUT2D eigenvalue weighted by Crippen LogP contribution is -2.41. The summed E-state index contributed by atoms with van der Waals surface area (Å²) < 4.78 is 18.8. The minimum Gasteiger partial charge on any atom is -0.494 e. The summed E-state index contributed by atoms with van der Waals surface area (Å²) in [6.45, 7) is 4.19. The molecule has 1 atom stereocenters. The Kier molecular flexibility index (Phi) is 4.59. The maximum atomic E-state index is 11.9. The molecule has 1 N–H and O–H groups in total. The fraction of sp³-hybridized carbons (Fsp3) is 0.435. The average molecular weight is 395 g/mol. The number of benzene rings is 2. The molecular formula is C23H27N2O4+. The fourth-order valence-electron chi connectivity index (χ4n) is 4.60. The summed E-state index contributed by atoms with van der Waals surface area (Å²) in [5.41, 5.74) is 0.849. The molecule has 0 spiro atoms. The summed E-state index contributed by atoms with van der Waals surface area (Å²) in [5.74, 6) is 3.54. The second-order valence-electron chi connectivity index (χ2n) is 7.78. The van der Waals surface area contributed by atoms with Crippen molar-refractivity contribution >= 4 is 11.5 Å². The third-order valence-electron chi connectivity index (χ3n) is 6.03. The molecule has 1 unspecified atom stereocenters. The van der Waals surface area contributed by atoms with E-state index in [1.807, 2.05) is 49.4 Å². The van der Waals surface area contributed by atoms with Crippen LogP contribution in [0.3, 0.4) is 0 Å². The molecule has 0 radical (unpaired) electrons. The van der Waals surface area contributed by atoms with Crippen molar-refractivity contribution in [2.45, 2.75) is 38.3 Å². The van der Waals surface area contributed by atoms with Crippen molar-refractivity contribution in [3.05, 3.63) is 48.0 Å². The predicted molar refractivity (Wildman–Crippen MR) is 110 cm³/mol. The van der Waals surface area contributed by atoms with Crippen molar-refractivity contribution in [1.82, 2.24) is 0 Å². The van der Waals surface area contributed by atoms with Gasteiger partial charge in [-0.25, -0.2) is 9.48 Å². The van der Waals surface area contributed by atoms with Gasteiger partial charge in [-0.3, -0.25) is 0 Å². The largest absolute Gasteiger partial charge is 0.494 e. The van der Waals surface area contributed by atoms with Crippen LogP contribution in [0.25, 0.3) is 0 Å². The summed E-state index contributed by atoms with van der Waals surface area (Å²) in [4.78, 5) is 2.24. The number of amidine groups is 1. The van der Waals surface area contributed by atoms with Gasteiger partial charge in [-0.15, -0.1) is 0 Å². The Balaban J connectivity index is 1.54. The molecule has 2 aromatic carbocycles. The van der Waals surface area contributed by atoms with Crippen molar-refractivity contribution in [2.24, 2.45) is 0 Å². The second kappa shape index (κ2) is 7.26. The Morgan fingerprint density at radius 3 is 2.72 bits per heavy atom. The number of nitrogens with zero attached hydrogens (tertiary/aromatic N) is 2. The van der Waals surface area contributed by atoms with E-state index >= 15 is 0 Å². The maximum absolute atomic E-state index is 11.9. The first-order valence-electron chi connectivity index (χ1n) is 10.5. The minimum absolute atomic E-state index is 0.262. The van der Waals surface area contributed by atoms with Crippen molar-refractivity contribution in [3.8, 4) is 17.2 Å². The first kappa shape index (κ1) is 18.3. The quantitative estimate of drug-likeness (QED) is 0.804. The molecule has 6 heteroatoms. The van der Waals surface area contributed by atoms with E-state index < -0.39 is 5.72 Å². The SMILES string of the molecule is CCOc1ccc(C2(O)CN(c3ccc4c(c3)OCO4)C3=[N+]2CCCCC3)cc1. The normalized spacial score (nSPS) is 23.2. The van der Waals surface area contributed by atoms with Gasteiger partial charge in [-0.2, -0.15) is 0 Å². The van der Waals surface area contributed by atoms with Crippen molar-refractivity contribution in [1.29, 1.82) is 0 Å². The van der Waals surface area contributed by atoms with E-state index in [2.05, 4.69) is 9.48 Å². The van der Waals surface area contributed by atoms with Crippen LogP contribution in [0.5, 0.6) is 17.2 Å². The van der Waals surface area contributed by atoms with Gasteiger partial charge in [-0.1, -0.05) is 0 Å². The molecule has 0 bridgehead atoms. The highest BCUT2D eigenvalue weighted by Crippen LogP contribution is 2.40. The van der Waals surface area contributed by atoms with E-state index in [4.69, 9.17) is 14.2 Å². The van der Waals surface area contributed by atoms with Crippen molar-refractivity contribution in [2.75, 3.05) is 31.4 Å². The van der Waals surface area contributed by atoms with E-state index in [0.29, 0.717) is 13.2 Å². The standard InChI is InChI=1S/C23H27N2O4/c1-2-27-19-10-7-17(8-11-19)23(26)15-24(22-6-4-3-5-13-25(22)23)18-9-12-20-21(14-18)29-16-28-20/h7-12,14,26H,2-6,13,15-16H2,1H3/q+1. The van der Waals surface area contributed by atoms with Gasteiger partial charge in [0.25, 0.3) is 11.6 Å². The number of fused-ring (bicyclic) bond motifs is 1. The maximum Gasteiger partial charge on any atom is 0.271 e. The lowest BCUT2D eigenvalue weighted by Gasteiger charge is -2.23. The molecule has 0 fully saturated rings. The molecule has 152 valence electrons. The Hall–Kier alpha value is -2.73. The van der Waals surface area contributed by atoms with Gasteiger partial charge in [0.15, 0.2) is 18.0 Å². The molecule has 6 nitrogen and oxygen atoms in total. The number of hydrogen-bond acceptors (Lipinski definition) is 5. The topological polar surface area (TPSA) is 54.2 Å². The fourth-order valence-corrected chi connectivity index (χ4v) is 4.60. The third kappa shape index (κ3) is 3.12. The molecule has 0 saturated carbocycles.